The zero-order chi connectivity index (χ0) is 25.3. The van der Waals surface area contributed by atoms with E-state index in [2.05, 4.69) is 11.9 Å². The molecule has 0 fully saturated rings. The van der Waals surface area contributed by atoms with Crippen molar-refractivity contribution >= 4 is 5.97 Å². The Balaban J connectivity index is 1.32. The van der Waals surface area contributed by atoms with Crippen molar-refractivity contribution in [1.82, 2.24) is 4.98 Å². The van der Waals surface area contributed by atoms with Gasteiger partial charge in [0.15, 0.2) is 0 Å². The van der Waals surface area contributed by atoms with Crippen LogP contribution in [0.1, 0.15) is 35.9 Å². The van der Waals surface area contributed by atoms with E-state index in [1.807, 2.05) is 67.6 Å². The number of aromatic nitrogens is 1. The molecule has 36 heavy (non-hydrogen) atoms. The number of ether oxygens (including phenoxy) is 3. The third-order valence-electron chi connectivity index (χ3n) is 5.54. The minimum Gasteiger partial charge on any atom is -0.487 e. The molecule has 1 unspecified atom stereocenters. The summed E-state index contributed by atoms with van der Waals surface area (Å²) in [5.41, 5.74) is 3.39. The Bertz CT molecular complexity index is 1270. The highest BCUT2D eigenvalue weighted by molar-refractivity contribution is 5.71. The fourth-order valence-electron chi connectivity index (χ4n) is 3.64. The molecule has 4 aromatic rings. The maximum Gasteiger partial charge on any atom is 0.373 e. The van der Waals surface area contributed by atoms with Gasteiger partial charge in [-0.15, -0.1) is 0 Å². The van der Waals surface area contributed by atoms with Crippen molar-refractivity contribution in [1.29, 1.82) is 0 Å². The highest BCUT2D eigenvalue weighted by Crippen LogP contribution is 2.24. The van der Waals surface area contributed by atoms with Gasteiger partial charge in [0.2, 0.25) is 5.89 Å². The number of aryl methyl sites for hydroxylation is 2. The molecule has 4 rings (SSSR count). The number of carbonyl (C=O) groups is 1. The van der Waals surface area contributed by atoms with Crippen LogP contribution in [-0.4, -0.2) is 22.3 Å². The van der Waals surface area contributed by atoms with Gasteiger partial charge in [-0.05, 0) is 54.8 Å². The van der Waals surface area contributed by atoms with Gasteiger partial charge in [0.05, 0.1) is 6.61 Å². The smallest absolute Gasteiger partial charge is 0.373 e. The average molecular weight is 488 g/mol. The molecule has 7 heteroatoms. The maximum atomic E-state index is 11.7. The number of nitrogens with zero attached hydrogens (tertiary/aromatic N) is 1. The van der Waals surface area contributed by atoms with Crippen molar-refractivity contribution in [3.8, 4) is 23.0 Å². The highest BCUT2D eigenvalue weighted by atomic mass is 16.7. The summed E-state index contributed by atoms with van der Waals surface area (Å²) >= 11 is 0. The zero-order valence-corrected chi connectivity index (χ0v) is 20.3. The number of oxazole rings is 1. The van der Waals surface area contributed by atoms with Crippen LogP contribution in [0.2, 0.25) is 0 Å². The Morgan fingerprint density at radius 2 is 1.69 bits per heavy atom. The van der Waals surface area contributed by atoms with Crippen molar-refractivity contribution in [3.63, 3.8) is 0 Å². The second kappa shape index (κ2) is 12.0. The molecule has 0 amide bonds. The highest BCUT2D eigenvalue weighted by Gasteiger charge is 2.21. The SMILES string of the molecule is CCCc1ccccc1OC(OCc1ccc(OCc2nc(-c3ccccc3)oc2C)cc1)C(=O)O. The number of carboxylic acids is 1. The lowest BCUT2D eigenvalue weighted by Gasteiger charge is -2.18. The van der Waals surface area contributed by atoms with Gasteiger partial charge in [-0.3, -0.25) is 0 Å². The molecule has 0 saturated carbocycles. The molecule has 1 N–H and O–H groups in total. The number of aliphatic carboxylic acids is 1. The van der Waals surface area contributed by atoms with E-state index in [4.69, 9.17) is 18.6 Å². The predicted octanol–water partition coefficient (Wildman–Crippen LogP) is 6.19. The van der Waals surface area contributed by atoms with Crippen LogP contribution in [0.4, 0.5) is 0 Å². The van der Waals surface area contributed by atoms with Crippen LogP contribution in [-0.2, 0) is 29.2 Å². The number of para-hydroxylation sites is 1. The first kappa shape index (κ1) is 25.0. The summed E-state index contributed by atoms with van der Waals surface area (Å²) < 4.78 is 22.9. The molecule has 0 saturated heterocycles. The van der Waals surface area contributed by atoms with Crippen LogP contribution in [0.5, 0.6) is 11.5 Å². The molecule has 3 aromatic carbocycles. The van der Waals surface area contributed by atoms with Crippen LogP contribution in [0.15, 0.2) is 83.3 Å². The van der Waals surface area contributed by atoms with Gasteiger partial charge in [0, 0.05) is 5.56 Å². The molecule has 0 aliphatic carbocycles. The number of hydrogen-bond donors (Lipinski definition) is 1. The van der Waals surface area contributed by atoms with Crippen molar-refractivity contribution in [3.05, 3.63) is 101 Å². The summed E-state index contributed by atoms with van der Waals surface area (Å²) in [5, 5.41) is 9.57. The molecule has 0 aliphatic rings. The molecule has 1 heterocycles. The lowest BCUT2D eigenvalue weighted by molar-refractivity contribution is -0.173. The van der Waals surface area contributed by atoms with E-state index in [1.54, 1.807) is 18.2 Å². The molecule has 0 radical (unpaired) electrons. The van der Waals surface area contributed by atoms with Crippen LogP contribution in [0.25, 0.3) is 11.5 Å². The Morgan fingerprint density at radius 1 is 0.972 bits per heavy atom. The minimum absolute atomic E-state index is 0.0794. The van der Waals surface area contributed by atoms with Crippen molar-refractivity contribution in [2.45, 2.75) is 46.2 Å². The maximum absolute atomic E-state index is 11.7. The number of hydrogen-bond acceptors (Lipinski definition) is 6. The van der Waals surface area contributed by atoms with E-state index in [0.29, 0.717) is 23.1 Å². The van der Waals surface area contributed by atoms with E-state index >= 15 is 0 Å². The summed E-state index contributed by atoms with van der Waals surface area (Å²) in [6.45, 7) is 4.27. The number of carboxylic acid groups (broad SMARTS) is 1. The molecule has 0 aliphatic heterocycles. The van der Waals surface area contributed by atoms with Crippen LogP contribution < -0.4 is 9.47 Å². The van der Waals surface area contributed by atoms with E-state index in [9.17, 15) is 9.90 Å². The first-order valence-corrected chi connectivity index (χ1v) is 11.9. The normalized spacial score (nSPS) is 11.7. The molecule has 1 aromatic heterocycles. The Morgan fingerprint density at radius 3 is 2.42 bits per heavy atom. The molecule has 7 nitrogen and oxygen atoms in total. The van der Waals surface area contributed by atoms with E-state index in [-0.39, 0.29) is 13.2 Å². The first-order chi connectivity index (χ1) is 17.5. The summed E-state index contributed by atoms with van der Waals surface area (Å²) in [4.78, 5) is 16.3. The average Bonchev–Trinajstić information content (AvgIpc) is 3.27. The summed E-state index contributed by atoms with van der Waals surface area (Å²) in [6, 6.07) is 24.4. The molecule has 1 atom stereocenters. The number of benzene rings is 3. The van der Waals surface area contributed by atoms with Crippen LogP contribution >= 0.6 is 0 Å². The van der Waals surface area contributed by atoms with E-state index in [1.165, 1.54) is 0 Å². The van der Waals surface area contributed by atoms with Crippen LogP contribution in [0.3, 0.4) is 0 Å². The number of rotatable bonds is 12. The minimum atomic E-state index is -1.41. The second-order valence-electron chi connectivity index (χ2n) is 8.28. The third kappa shape index (κ3) is 6.52. The van der Waals surface area contributed by atoms with Gasteiger partial charge in [-0.25, -0.2) is 9.78 Å². The Labute approximate surface area is 210 Å². The van der Waals surface area contributed by atoms with Gasteiger partial charge in [0.1, 0.15) is 29.6 Å². The Hall–Kier alpha value is -4.10. The standard InChI is InChI=1S/C29H29NO6/c1-3-9-22-10-7-8-13-26(22)36-29(28(31)32)34-18-21-14-16-24(17-15-21)33-19-25-20(2)35-27(30-25)23-11-5-4-6-12-23/h4-8,10-17,29H,3,9,18-19H2,1-2H3,(H,31,32). The van der Waals surface area contributed by atoms with Crippen molar-refractivity contribution in [2.24, 2.45) is 0 Å². The zero-order valence-electron chi connectivity index (χ0n) is 20.3. The second-order valence-corrected chi connectivity index (χ2v) is 8.28. The summed E-state index contributed by atoms with van der Waals surface area (Å²) in [5.74, 6) is 1.26. The molecular weight excluding hydrogens is 458 g/mol. The Kier molecular flexibility index (Phi) is 8.36. The van der Waals surface area contributed by atoms with Crippen LogP contribution in [0, 0.1) is 6.92 Å². The van der Waals surface area contributed by atoms with Gasteiger partial charge in [-0.1, -0.05) is 61.9 Å². The fourth-order valence-corrected chi connectivity index (χ4v) is 3.64. The molecule has 0 spiro atoms. The van der Waals surface area contributed by atoms with Crippen molar-refractivity contribution < 1.29 is 28.5 Å². The van der Waals surface area contributed by atoms with Gasteiger partial charge in [0.25, 0.3) is 6.29 Å². The van der Waals surface area contributed by atoms with Gasteiger partial charge < -0.3 is 23.7 Å². The monoisotopic (exact) mass is 487 g/mol. The first-order valence-electron chi connectivity index (χ1n) is 11.9. The molecule has 0 bridgehead atoms. The molecule has 186 valence electrons. The topological polar surface area (TPSA) is 91.0 Å². The van der Waals surface area contributed by atoms with E-state index in [0.717, 1.165) is 35.2 Å². The van der Waals surface area contributed by atoms with E-state index < -0.39 is 12.3 Å². The quantitative estimate of drug-likeness (QED) is 0.238. The lowest BCUT2D eigenvalue weighted by atomic mass is 10.1. The largest absolute Gasteiger partial charge is 0.487 e. The molecular formula is C29H29NO6. The van der Waals surface area contributed by atoms with Gasteiger partial charge in [-0.2, -0.15) is 0 Å². The predicted molar refractivity (Wildman–Crippen MR) is 135 cm³/mol. The fraction of sp³-hybridized carbons (Fsp3) is 0.241. The summed E-state index contributed by atoms with van der Waals surface area (Å²) in [7, 11) is 0. The van der Waals surface area contributed by atoms with Crippen molar-refractivity contribution in [2.75, 3.05) is 0 Å². The van der Waals surface area contributed by atoms with Gasteiger partial charge >= 0.3 is 5.97 Å². The summed E-state index contributed by atoms with van der Waals surface area (Å²) in [6.07, 6.45) is 0.316. The lowest BCUT2D eigenvalue weighted by Crippen LogP contribution is -2.30. The third-order valence-corrected chi connectivity index (χ3v) is 5.54.